The van der Waals surface area contributed by atoms with Crippen LogP contribution in [0.15, 0.2) is 30.3 Å². The van der Waals surface area contributed by atoms with Crippen LogP contribution in [0.1, 0.15) is 16.1 Å². The topological polar surface area (TPSA) is 53.4 Å². The highest BCUT2D eigenvalue weighted by atomic mass is 16.3. The first-order valence-electron chi connectivity index (χ1n) is 5.99. The lowest BCUT2D eigenvalue weighted by atomic mass is 10.0. The molecule has 92 valence electrons. The highest BCUT2D eigenvalue weighted by molar-refractivity contribution is 6.06. The number of carbonyl (C=O) groups excluding carboxylic acids is 1. The molecule has 0 aliphatic carbocycles. The van der Waals surface area contributed by atoms with Gasteiger partial charge < -0.3 is 10.0 Å². The number of pyridine rings is 1. The third kappa shape index (κ3) is 1.75. The first kappa shape index (κ1) is 11.2. The average molecular weight is 242 g/mol. The van der Waals surface area contributed by atoms with E-state index in [2.05, 4.69) is 4.98 Å². The third-order valence-electron chi connectivity index (χ3n) is 3.22. The van der Waals surface area contributed by atoms with Crippen molar-refractivity contribution in [3.05, 3.63) is 41.6 Å². The highest BCUT2D eigenvalue weighted by Crippen LogP contribution is 2.21. The van der Waals surface area contributed by atoms with E-state index in [4.69, 9.17) is 0 Å². The van der Waals surface area contributed by atoms with Crippen molar-refractivity contribution in [3.63, 3.8) is 0 Å². The second kappa shape index (κ2) is 4.07. The second-order valence-corrected chi connectivity index (χ2v) is 4.69. The van der Waals surface area contributed by atoms with E-state index in [-0.39, 0.29) is 12.0 Å². The molecule has 2 aromatic rings. The van der Waals surface area contributed by atoms with E-state index >= 15 is 0 Å². The van der Waals surface area contributed by atoms with E-state index in [1.54, 1.807) is 4.90 Å². The molecular formula is C14H14N2O2. The standard InChI is InChI=1S/C14H14N2O2/c1-9-6-12(14(18)16-7-10(17)8-16)11-4-2-3-5-13(11)15-9/h2-6,10,17H,7-8H2,1H3. The van der Waals surface area contributed by atoms with Crippen molar-refractivity contribution in [1.29, 1.82) is 0 Å². The first-order valence-corrected chi connectivity index (χ1v) is 5.99. The average Bonchev–Trinajstić information content (AvgIpc) is 2.33. The molecule has 0 unspecified atom stereocenters. The van der Waals surface area contributed by atoms with Gasteiger partial charge in [0.05, 0.1) is 17.2 Å². The van der Waals surface area contributed by atoms with Gasteiger partial charge in [0.15, 0.2) is 0 Å². The summed E-state index contributed by atoms with van der Waals surface area (Å²) in [5.41, 5.74) is 2.34. The van der Waals surface area contributed by atoms with Gasteiger partial charge in [-0.25, -0.2) is 0 Å². The van der Waals surface area contributed by atoms with Gasteiger partial charge >= 0.3 is 0 Å². The Balaban J connectivity index is 2.08. The molecule has 4 nitrogen and oxygen atoms in total. The zero-order valence-corrected chi connectivity index (χ0v) is 10.1. The monoisotopic (exact) mass is 242 g/mol. The van der Waals surface area contributed by atoms with Crippen molar-refractivity contribution < 1.29 is 9.90 Å². The van der Waals surface area contributed by atoms with Gasteiger partial charge in [-0.3, -0.25) is 9.78 Å². The molecule has 18 heavy (non-hydrogen) atoms. The number of hydrogen-bond acceptors (Lipinski definition) is 3. The molecule has 1 amide bonds. The van der Waals surface area contributed by atoms with E-state index in [1.165, 1.54) is 0 Å². The SMILES string of the molecule is Cc1cc(C(=O)N2CC(O)C2)c2ccccc2n1. The maximum absolute atomic E-state index is 12.3. The lowest BCUT2D eigenvalue weighted by Crippen LogP contribution is -2.53. The Labute approximate surface area is 105 Å². The van der Waals surface area contributed by atoms with Gasteiger partial charge in [-0.15, -0.1) is 0 Å². The van der Waals surface area contributed by atoms with E-state index < -0.39 is 0 Å². The lowest BCUT2D eigenvalue weighted by molar-refractivity contribution is 0.00602. The van der Waals surface area contributed by atoms with Crippen molar-refractivity contribution in [2.45, 2.75) is 13.0 Å². The van der Waals surface area contributed by atoms with Crippen molar-refractivity contribution >= 4 is 16.8 Å². The summed E-state index contributed by atoms with van der Waals surface area (Å²) in [6.45, 7) is 2.73. The Morgan fingerprint density at radius 2 is 2.11 bits per heavy atom. The summed E-state index contributed by atoms with van der Waals surface area (Å²) in [5, 5.41) is 10.1. The van der Waals surface area contributed by atoms with Gasteiger partial charge in [-0.05, 0) is 19.1 Å². The van der Waals surface area contributed by atoms with Crippen LogP contribution in [0.5, 0.6) is 0 Å². The van der Waals surface area contributed by atoms with Crippen LogP contribution in [-0.2, 0) is 0 Å². The number of aliphatic hydroxyl groups is 1. The normalized spacial score (nSPS) is 15.8. The molecule has 0 saturated carbocycles. The number of fused-ring (bicyclic) bond motifs is 1. The van der Waals surface area contributed by atoms with Crippen LogP contribution in [-0.4, -0.2) is 40.1 Å². The predicted molar refractivity (Wildman–Crippen MR) is 68.4 cm³/mol. The molecule has 0 atom stereocenters. The molecule has 1 N–H and O–H groups in total. The third-order valence-corrected chi connectivity index (χ3v) is 3.22. The largest absolute Gasteiger partial charge is 0.389 e. The Hall–Kier alpha value is -1.94. The molecule has 1 aliphatic heterocycles. The number of β-amino-alcohol motifs (C(OH)–C–C–N with tert-alkyl or cyclic N) is 1. The molecule has 1 saturated heterocycles. The van der Waals surface area contributed by atoms with Crippen LogP contribution in [0.2, 0.25) is 0 Å². The number of aryl methyl sites for hydroxylation is 1. The molecule has 1 aromatic carbocycles. The fraction of sp³-hybridized carbons (Fsp3) is 0.286. The highest BCUT2D eigenvalue weighted by Gasteiger charge is 2.30. The number of aromatic nitrogens is 1. The summed E-state index contributed by atoms with van der Waals surface area (Å²) in [7, 11) is 0. The van der Waals surface area contributed by atoms with Gasteiger partial charge in [0, 0.05) is 24.2 Å². The molecule has 4 heteroatoms. The molecule has 1 aromatic heterocycles. The molecule has 1 aliphatic rings. The lowest BCUT2D eigenvalue weighted by Gasteiger charge is -2.36. The quantitative estimate of drug-likeness (QED) is 0.821. The number of aliphatic hydroxyl groups excluding tert-OH is 1. The Bertz CT molecular complexity index is 618. The summed E-state index contributed by atoms with van der Waals surface area (Å²) in [5.74, 6) is -0.0259. The minimum Gasteiger partial charge on any atom is -0.389 e. The van der Waals surface area contributed by atoms with Crippen LogP contribution in [0.3, 0.4) is 0 Å². The molecular weight excluding hydrogens is 228 g/mol. The van der Waals surface area contributed by atoms with E-state index in [0.717, 1.165) is 16.6 Å². The summed E-state index contributed by atoms with van der Waals surface area (Å²) >= 11 is 0. The zero-order valence-electron chi connectivity index (χ0n) is 10.1. The number of carbonyl (C=O) groups is 1. The molecule has 1 fully saturated rings. The van der Waals surface area contributed by atoms with Crippen LogP contribution in [0, 0.1) is 6.92 Å². The molecule has 0 spiro atoms. The molecule has 0 radical (unpaired) electrons. The summed E-state index contributed by atoms with van der Waals surface area (Å²) in [4.78, 5) is 18.4. The number of amides is 1. The second-order valence-electron chi connectivity index (χ2n) is 4.69. The van der Waals surface area contributed by atoms with Gasteiger partial charge in [0.25, 0.3) is 5.91 Å². The molecule has 0 bridgehead atoms. The fourth-order valence-corrected chi connectivity index (χ4v) is 2.28. The molecule has 3 rings (SSSR count). The maximum atomic E-state index is 12.3. The Morgan fingerprint density at radius 3 is 2.83 bits per heavy atom. The van der Waals surface area contributed by atoms with Gasteiger partial charge in [0.1, 0.15) is 0 Å². The summed E-state index contributed by atoms with van der Waals surface area (Å²) in [6, 6.07) is 9.45. The number of nitrogens with zero attached hydrogens (tertiary/aromatic N) is 2. The summed E-state index contributed by atoms with van der Waals surface area (Å²) < 4.78 is 0. The van der Waals surface area contributed by atoms with Crippen LogP contribution < -0.4 is 0 Å². The molecule has 2 heterocycles. The van der Waals surface area contributed by atoms with Crippen molar-refractivity contribution in [2.75, 3.05) is 13.1 Å². The minimum absolute atomic E-state index is 0.0259. The maximum Gasteiger partial charge on any atom is 0.254 e. The number of para-hydroxylation sites is 1. The first-order chi connectivity index (χ1) is 8.65. The van der Waals surface area contributed by atoms with E-state index in [9.17, 15) is 9.90 Å². The van der Waals surface area contributed by atoms with Crippen molar-refractivity contribution in [3.8, 4) is 0 Å². The summed E-state index contributed by atoms with van der Waals surface area (Å²) in [6.07, 6.45) is -0.372. The number of rotatable bonds is 1. The predicted octanol–water partition coefficient (Wildman–Crippen LogP) is 1.36. The van der Waals surface area contributed by atoms with E-state index in [1.807, 2.05) is 37.3 Å². The number of hydrogen-bond donors (Lipinski definition) is 1. The smallest absolute Gasteiger partial charge is 0.254 e. The number of likely N-dealkylation sites (tertiary alicyclic amines) is 1. The van der Waals surface area contributed by atoms with Gasteiger partial charge in [-0.2, -0.15) is 0 Å². The van der Waals surface area contributed by atoms with Crippen LogP contribution in [0.4, 0.5) is 0 Å². The fourth-order valence-electron chi connectivity index (χ4n) is 2.28. The van der Waals surface area contributed by atoms with E-state index in [0.29, 0.717) is 18.7 Å². The van der Waals surface area contributed by atoms with Gasteiger partial charge in [0.2, 0.25) is 0 Å². The van der Waals surface area contributed by atoms with Crippen LogP contribution in [0.25, 0.3) is 10.9 Å². The minimum atomic E-state index is -0.372. The number of benzene rings is 1. The van der Waals surface area contributed by atoms with Crippen molar-refractivity contribution in [2.24, 2.45) is 0 Å². The van der Waals surface area contributed by atoms with Crippen molar-refractivity contribution in [1.82, 2.24) is 9.88 Å². The van der Waals surface area contributed by atoms with Crippen LogP contribution >= 0.6 is 0 Å². The Morgan fingerprint density at radius 1 is 1.39 bits per heavy atom. The van der Waals surface area contributed by atoms with Gasteiger partial charge in [-0.1, -0.05) is 18.2 Å². The Kier molecular flexibility index (Phi) is 2.52. The zero-order chi connectivity index (χ0) is 12.7.